The highest BCUT2D eigenvalue weighted by atomic mass is 16.1. The van der Waals surface area contributed by atoms with Gasteiger partial charge in [0.05, 0.1) is 11.7 Å². The van der Waals surface area contributed by atoms with E-state index >= 15 is 0 Å². The summed E-state index contributed by atoms with van der Waals surface area (Å²) in [4.78, 5) is 19.2. The zero-order valence-electron chi connectivity index (χ0n) is 15.9. The molecule has 0 fully saturated rings. The Morgan fingerprint density at radius 3 is 2.62 bits per heavy atom. The number of hydrogen-bond acceptors (Lipinski definition) is 4. The Morgan fingerprint density at radius 1 is 1.19 bits per heavy atom. The van der Waals surface area contributed by atoms with Gasteiger partial charge in [-0.15, -0.1) is 0 Å². The molecule has 1 amide bonds. The van der Waals surface area contributed by atoms with Crippen molar-refractivity contribution >= 4 is 11.6 Å². The van der Waals surface area contributed by atoms with Crippen LogP contribution in [0.3, 0.4) is 0 Å². The third-order valence-corrected chi connectivity index (χ3v) is 4.59. The van der Waals surface area contributed by atoms with Crippen molar-refractivity contribution < 1.29 is 4.79 Å². The molecule has 2 heterocycles. The van der Waals surface area contributed by atoms with E-state index in [1.807, 2.05) is 46.1 Å². The summed E-state index contributed by atoms with van der Waals surface area (Å²) in [5.41, 5.74) is 5.30. The number of benzene rings is 1. The van der Waals surface area contributed by atoms with E-state index in [0.717, 1.165) is 11.4 Å². The van der Waals surface area contributed by atoms with Crippen molar-refractivity contribution in [3.8, 4) is 0 Å². The van der Waals surface area contributed by atoms with Crippen LogP contribution in [-0.2, 0) is 0 Å². The fourth-order valence-corrected chi connectivity index (χ4v) is 3.17. The predicted molar refractivity (Wildman–Crippen MR) is 102 cm³/mol. The van der Waals surface area contributed by atoms with Crippen LogP contribution in [0.5, 0.6) is 0 Å². The zero-order chi connectivity index (χ0) is 18.8. The van der Waals surface area contributed by atoms with Gasteiger partial charge in [0.2, 0.25) is 0 Å². The molecule has 136 valence electrons. The van der Waals surface area contributed by atoms with Crippen LogP contribution in [0.4, 0.5) is 0 Å². The summed E-state index contributed by atoms with van der Waals surface area (Å²) in [7, 11) is 4.04. The first kappa shape index (κ1) is 18.1. The van der Waals surface area contributed by atoms with Crippen molar-refractivity contribution in [1.29, 1.82) is 0 Å². The zero-order valence-corrected chi connectivity index (χ0v) is 15.9. The van der Waals surface area contributed by atoms with E-state index in [1.54, 1.807) is 10.6 Å². The summed E-state index contributed by atoms with van der Waals surface area (Å²) >= 11 is 0. The van der Waals surface area contributed by atoms with Gasteiger partial charge in [0.25, 0.3) is 5.91 Å². The number of carbonyl (C=O) groups excluding carboxylic acids is 1. The lowest BCUT2D eigenvalue weighted by Crippen LogP contribution is -2.35. The summed E-state index contributed by atoms with van der Waals surface area (Å²) in [6.07, 6.45) is 0. The maximum absolute atomic E-state index is 12.7. The fraction of sp³-hybridized carbons (Fsp3) is 0.350. The van der Waals surface area contributed by atoms with Gasteiger partial charge in [0.1, 0.15) is 5.69 Å². The second-order valence-electron chi connectivity index (χ2n) is 6.88. The Morgan fingerprint density at radius 2 is 1.92 bits per heavy atom. The predicted octanol–water partition coefficient (Wildman–Crippen LogP) is 2.69. The van der Waals surface area contributed by atoms with Crippen molar-refractivity contribution in [2.24, 2.45) is 0 Å². The van der Waals surface area contributed by atoms with Gasteiger partial charge in [-0.25, -0.2) is 9.50 Å². The molecule has 0 radical (unpaired) electrons. The van der Waals surface area contributed by atoms with Crippen LogP contribution < -0.4 is 5.32 Å². The lowest BCUT2D eigenvalue weighted by Gasteiger charge is -2.26. The molecule has 0 bridgehead atoms. The lowest BCUT2D eigenvalue weighted by atomic mass is 10.0. The first-order valence-electron chi connectivity index (χ1n) is 8.71. The minimum absolute atomic E-state index is 0.0992. The normalized spacial score (nSPS) is 12.5. The van der Waals surface area contributed by atoms with Crippen LogP contribution in [0, 0.1) is 20.8 Å². The molecule has 0 saturated heterocycles. The largest absolute Gasteiger partial charge is 0.349 e. The number of hydrogen-bond donors (Lipinski definition) is 1. The topological polar surface area (TPSA) is 62.5 Å². The van der Waals surface area contributed by atoms with E-state index in [-0.39, 0.29) is 11.9 Å². The van der Waals surface area contributed by atoms with Crippen molar-refractivity contribution in [1.82, 2.24) is 24.8 Å². The van der Waals surface area contributed by atoms with Crippen LogP contribution in [-0.4, -0.2) is 46.0 Å². The number of nitrogens with one attached hydrogen (secondary N) is 1. The molecule has 6 nitrogen and oxygen atoms in total. The summed E-state index contributed by atoms with van der Waals surface area (Å²) in [6.45, 7) is 6.45. The van der Waals surface area contributed by atoms with Crippen LogP contribution in [0.25, 0.3) is 5.65 Å². The molecule has 1 N–H and O–H groups in total. The quantitative estimate of drug-likeness (QED) is 0.768. The highest BCUT2D eigenvalue weighted by Crippen LogP contribution is 2.21. The molecule has 0 unspecified atom stereocenters. The van der Waals surface area contributed by atoms with E-state index in [9.17, 15) is 4.79 Å². The third-order valence-electron chi connectivity index (χ3n) is 4.59. The lowest BCUT2D eigenvalue weighted by molar-refractivity contribution is 0.0937. The van der Waals surface area contributed by atoms with Gasteiger partial charge in [-0.2, -0.15) is 5.10 Å². The van der Waals surface area contributed by atoms with E-state index in [4.69, 9.17) is 0 Å². The Kier molecular flexibility index (Phi) is 5.04. The van der Waals surface area contributed by atoms with E-state index in [0.29, 0.717) is 17.9 Å². The molecule has 0 saturated carbocycles. The van der Waals surface area contributed by atoms with Gasteiger partial charge in [0, 0.05) is 18.3 Å². The number of aryl methyl sites for hydroxylation is 3. The van der Waals surface area contributed by atoms with Crippen LogP contribution in [0.2, 0.25) is 0 Å². The average Bonchev–Trinajstić information content (AvgIpc) is 2.97. The standard InChI is InChI=1S/C20H25N5O/c1-13-8-6-7-9-16(13)18(24(4)5)12-21-20(26)17-11-15(3)25-19(22-17)10-14(2)23-25/h6-11,18H,12H2,1-5H3,(H,21,26)/t18-/m1/s1. The smallest absolute Gasteiger partial charge is 0.270 e. The Bertz CT molecular complexity index is 945. The maximum atomic E-state index is 12.7. The Balaban J connectivity index is 1.80. The first-order chi connectivity index (χ1) is 12.4. The molecule has 3 aromatic rings. The van der Waals surface area contributed by atoms with Gasteiger partial charge in [-0.3, -0.25) is 4.79 Å². The number of rotatable bonds is 5. The van der Waals surface area contributed by atoms with Crippen LogP contribution in [0.1, 0.15) is 39.0 Å². The third kappa shape index (κ3) is 3.60. The molecule has 0 aliphatic rings. The molecule has 0 spiro atoms. The van der Waals surface area contributed by atoms with Gasteiger partial charge >= 0.3 is 0 Å². The van der Waals surface area contributed by atoms with E-state index in [1.165, 1.54) is 11.1 Å². The molecule has 26 heavy (non-hydrogen) atoms. The average molecular weight is 351 g/mol. The SMILES string of the molecule is Cc1cc2nc(C(=O)NC[C@H](c3ccccc3C)N(C)C)cc(C)n2n1. The Hall–Kier alpha value is -2.73. The maximum Gasteiger partial charge on any atom is 0.270 e. The molecule has 1 aromatic carbocycles. The first-order valence-corrected chi connectivity index (χ1v) is 8.71. The Labute approximate surface area is 153 Å². The number of aromatic nitrogens is 3. The van der Waals surface area contributed by atoms with Crippen LogP contribution >= 0.6 is 0 Å². The van der Waals surface area contributed by atoms with Gasteiger partial charge in [-0.05, 0) is 52.1 Å². The summed E-state index contributed by atoms with van der Waals surface area (Å²) in [5, 5.41) is 7.41. The summed E-state index contributed by atoms with van der Waals surface area (Å²) < 4.78 is 1.75. The highest BCUT2D eigenvalue weighted by Gasteiger charge is 2.18. The van der Waals surface area contributed by atoms with E-state index < -0.39 is 0 Å². The van der Waals surface area contributed by atoms with Crippen molar-refractivity contribution in [3.05, 3.63) is 64.6 Å². The van der Waals surface area contributed by atoms with Gasteiger partial charge in [0.15, 0.2) is 5.65 Å². The molecule has 6 heteroatoms. The van der Waals surface area contributed by atoms with Crippen LogP contribution in [0.15, 0.2) is 36.4 Å². The van der Waals surface area contributed by atoms with Gasteiger partial charge in [-0.1, -0.05) is 24.3 Å². The van der Waals surface area contributed by atoms with Crippen molar-refractivity contribution in [3.63, 3.8) is 0 Å². The summed E-state index contributed by atoms with van der Waals surface area (Å²) in [6, 6.07) is 12.0. The minimum Gasteiger partial charge on any atom is -0.349 e. The molecule has 0 aliphatic heterocycles. The number of amides is 1. The monoisotopic (exact) mass is 351 g/mol. The molecule has 2 aromatic heterocycles. The number of carbonyl (C=O) groups is 1. The number of fused-ring (bicyclic) bond motifs is 1. The number of nitrogens with zero attached hydrogens (tertiary/aromatic N) is 4. The molecular formula is C20H25N5O. The van der Waals surface area contributed by atoms with Gasteiger partial charge < -0.3 is 10.2 Å². The molecule has 1 atom stereocenters. The molecular weight excluding hydrogens is 326 g/mol. The summed E-state index contributed by atoms with van der Waals surface area (Å²) in [5.74, 6) is -0.171. The minimum atomic E-state index is -0.171. The second kappa shape index (κ2) is 7.25. The number of likely N-dealkylation sites (N-methyl/N-ethyl adjacent to an activating group) is 1. The van der Waals surface area contributed by atoms with E-state index in [2.05, 4.69) is 39.4 Å². The van der Waals surface area contributed by atoms with Crippen molar-refractivity contribution in [2.45, 2.75) is 26.8 Å². The second-order valence-corrected chi connectivity index (χ2v) is 6.88. The molecule has 0 aliphatic carbocycles. The van der Waals surface area contributed by atoms with Crippen molar-refractivity contribution in [2.75, 3.05) is 20.6 Å². The molecule has 3 rings (SSSR count). The fourth-order valence-electron chi connectivity index (χ4n) is 3.17. The highest BCUT2D eigenvalue weighted by molar-refractivity contribution is 5.92.